The Kier molecular flexibility index (Phi) is 6.96. The minimum Gasteiger partial charge on any atom is -0.452 e. The topological polar surface area (TPSA) is 85.7 Å². The summed E-state index contributed by atoms with van der Waals surface area (Å²) in [5.41, 5.74) is 4.39. The van der Waals surface area contributed by atoms with Gasteiger partial charge in [0.25, 0.3) is 5.91 Å². The number of anilines is 2. The third-order valence-electron chi connectivity index (χ3n) is 5.41. The standard InChI is InChI=1S/C24H25ClN4O4/c1-16-23(25)17(2)29(27-16)21-7-3-18(4-8-21)24(31)33-15-22(30)26-19-5-9-20(10-6-19)28-11-13-32-14-12-28/h3-10H,11-15H2,1-2H3,(H,26,30). The molecule has 33 heavy (non-hydrogen) atoms. The molecule has 0 atom stereocenters. The monoisotopic (exact) mass is 468 g/mol. The van der Waals surface area contributed by atoms with Gasteiger partial charge in [0.1, 0.15) is 0 Å². The van der Waals surface area contributed by atoms with Gasteiger partial charge in [-0.3, -0.25) is 4.79 Å². The molecule has 1 fully saturated rings. The molecular formula is C24H25ClN4O4. The van der Waals surface area contributed by atoms with Crippen molar-refractivity contribution in [3.05, 3.63) is 70.5 Å². The SMILES string of the molecule is Cc1nn(-c2ccc(C(=O)OCC(=O)Nc3ccc(N4CCOCC4)cc3)cc2)c(C)c1Cl. The minimum atomic E-state index is -0.578. The summed E-state index contributed by atoms with van der Waals surface area (Å²) >= 11 is 6.20. The molecule has 172 valence electrons. The summed E-state index contributed by atoms with van der Waals surface area (Å²) in [6, 6.07) is 14.3. The Morgan fingerprint density at radius 3 is 2.27 bits per heavy atom. The lowest BCUT2D eigenvalue weighted by Gasteiger charge is -2.28. The molecule has 1 aliphatic heterocycles. The number of nitrogens with zero attached hydrogens (tertiary/aromatic N) is 3. The van der Waals surface area contributed by atoms with Gasteiger partial charge in [-0.05, 0) is 62.4 Å². The number of rotatable bonds is 6. The zero-order valence-electron chi connectivity index (χ0n) is 18.5. The summed E-state index contributed by atoms with van der Waals surface area (Å²) < 4.78 is 12.2. The first-order chi connectivity index (χ1) is 15.9. The highest BCUT2D eigenvalue weighted by Gasteiger charge is 2.14. The molecule has 2 aromatic carbocycles. The number of hydrogen-bond acceptors (Lipinski definition) is 6. The summed E-state index contributed by atoms with van der Waals surface area (Å²) in [6.07, 6.45) is 0. The summed E-state index contributed by atoms with van der Waals surface area (Å²) in [4.78, 5) is 26.8. The normalized spacial score (nSPS) is 13.6. The fourth-order valence-electron chi connectivity index (χ4n) is 3.60. The number of amides is 1. The number of carbonyl (C=O) groups is 2. The number of esters is 1. The minimum absolute atomic E-state index is 0.342. The van der Waals surface area contributed by atoms with Crippen LogP contribution in [0.2, 0.25) is 5.02 Å². The number of aryl methyl sites for hydroxylation is 1. The number of carbonyl (C=O) groups excluding carboxylic acids is 2. The Bertz CT molecular complexity index is 1140. The van der Waals surface area contributed by atoms with Crippen molar-refractivity contribution in [2.45, 2.75) is 13.8 Å². The van der Waals surface area contributed by atoms with E-state index in [1.54, 1.807) is 28.9 Å². The smallest absolute Gasteiger partial charge is 0.338 e. The van der Waals surface area contributed by atoms with Crippen molar-refractivity contribution in [3.8, 4) is 5.69 Å². The molecule has 1 aromatic heterocycles. The van der Waals surface area contributed by atoms with Crippen molar-refractivity contribution in [1.82, 2.24) is 9.78 Å². The van der Waals surface area contributed by atoms with E-state index >= 15 is 0 Å². The Balaban J connectivity index is 1.29. The number of morpholine rings is 1. The molecule has 4 rings (SSSR count). The van der Waals surface area contributed by atoms with E-state index in [0.29, 0.717) is 29.5 Å². The van der Waals surface area contributed by atoms with Gasteiger partial charge in [-0.25, -0.2) is 9.48 Å². The lowest BCUT2D eigenvalue weighted by atomic mass is 10.2. The number of hydrogen-bond donors (Lipinski definition) is 1. The highest BCUT2D eigenvalue weighted by atomic mass is 35.5. The molecule has 1 saturated heterocycles. The molecule has 8 nitrogen and oxygen atoms in total. The van der Waals surface area contributed by atoms with Crippen LogP contribution in [0.3, 0.4) is 0 Å². The first kappa shape index (κ1) is 22.8. The zero-order chi connectivity index (χ0) is 23.4. The molecule has 1 amide bonds. The second-order valence-corrected chi connectivity index (χ2v) is 8.09. The molecule has 0 saturated carbocycles. The molecule has 0 spiro atoms. The van der Waals surface area contributed by atoms with E-state index < -0.39 is 11.9 Å². The van der Waals surface area contributed by atoms with Gasteiger partial charge in [0.15, 0.2) is 6.61 Å². The Hall–Kier alpha value is -3.36. The number of aromatic nitrogens is 2. The largest absolute Gasteiger partial charge is 0.452 e. The van der Waals surface area contributed by atoms with E-state index in [-0.39, 0.29) is 6.61 Å². The van der Waals surface area contributed by atoms with Gasteiger partial charge in [-0.2, -0.15) is 5.10 Å². The van der Waals surface area contributed by atoms with E-state index in [9.17, 15) is 9.59 Å². The first-order valence-corrected chi connectivity index (χ1v) is 11.0. The average molecular weight is 469 g/mol. The Morgan fingerprint density at radius 1 is 1.03 bits per heavy atom. The maximum absolute atomic E-state index is 12.3. The predicted molar refractivity (Wildman–Crippen MR) is 126 cm³/mol. The second-order valence-electron chi connectivity index (χ2n) is 7.71. The Morgan fingerprint density at radius 2 is 1.67 bits per heavy atom. The van der Waals surface area contributed by atoms with Gasteiger partial charge in [0.2, 0.25) is 0 Å². The second kappa shape index (κ2) is 10.1. The van der Waals surface area contributed by atoms with Crippen molar-refractivity contribution in [2.75, 3.05) is 43.1 Å². The van der Waals surface area contributed by atoms with Gasteiger partial charge in [-0.1, -0.05) is 11.6 Å². The van der Waals surface area contributed by atoms with Crippen LogP contribution in [-0.2, 0) is 14.3 Å². The molecule has 9 heteroatoms. The molecular weight excluding hydrogens is 444 g/mol. The summed E-state index contributed by atoms with van der Waals surface area (Å²) in [6.45, 7) is 6.45. The van der Waals surface area contributed by atoms with Gasteiger partial charge in [0, 0.05) is 24.5 Å². The van der Waals surface area contributed by atoms with Crippen LogP contribution in [0.25, 0.3) is 5.69 Å². The van der Waals surface area contributed by atoms with Crippen LogP contribution < -0.4 is 10.2 Å². The maximum atomic E-state index is 12.3. The molecule has 0 aliphatic carbocycles. The number of halogens is 1. The first-order valence-electron chi connectivity index (χ1n) is 10.6. The van der Waals surface area contributed by atoms with E-state index in [0.717, 1.165) is 35.9 Å². The fourth-order valence-corrected chi connectivity index (χ4v) is 3.72. The molecule has 2 heterocycles. The third-order valence-corrected chi connectivity index (χ3v) is 5.96. The zero-order valence-corrected chi connectivity index (χ0v) is 19.3. The lowest BCUT2D eigenvalue weighted by Crippen LogP contribution is -2.36. The van der Waals surface area contributed by atoms with Gasteiger partial charge >= 0.3 is 5.97 Å². The number of nitrogens with one attached hydrogen (secondary N) is 1. The van der Waals surface area contributed by atoms with Crippen LogP contribution >= 0.6 is 11.6 Å². The van der Waals surface area contributed by atoms with Crippen LogP contribution in [0, 0.1) is 13.8 Å². The van der Waals surface area contributed by atoms with E-state index in [2.05, 4.69) is 15.3 Å². The van der Waals surface area contributed by atoms with Crippen molar-refractivity contribution < 1.29 is 19.1 Å². The average Bonchev–Trinajstić information content (AvgIpc) is 3.11. The van der Waals surface area contributed by atoms with Gasteiger partial charge in [-0.15, -0.1) is 0 Å². The van der Waals surface area contributed by atoms with Crippen molar-refractivity contribution >= 4 is 34.9 Å². The molecule has 1 aliphatic rings. The highest BCUT2D eigenvalue weighted by Crippen LogP contribution is 2.23. The van der Waals surface area contributed by atoms with E-state index in [4.69, 9.17) is 21.1 Å². The number of benzene rings is 2. The Labute approximate surface area is 197 Å². The van der Waals surface area contributed by atoms with Crippen molar-refractivity contribution in [2.24, 2.45) is 0 Å². The van der Waals surface area contributed by atoms with Crippen LogP contribution in [0.5, 0.6) is 0 Å². The summed E-state index contributed by atoms with van der Waals surface area (Å²) in [5.74, 6) is -0.984. The molecule has 0 bridgehead atoms. The molecule has 1 N–H and O–H groups in total. The van der Waals surface area contributed by atoms with Crippen LogP contribution in [0.15, 0.2) is 48.5 Å². The summed E-state index contributed by atoms with van der Waals surface area (Å²) in [7, 11) is 0. The quantitative estimate of drug-likeness (QED) is 0.554. The van der Waals surface area contributed by atoms with Crippen molar-refractivity contribution in [1.29, 1.82) is 0 Å². The highest BCUT2D eigenvalue weighted by molar-refractivity contribution is 6.31. The third kappa shape index (κ3) is 5.35. The van der Waals surface area contributed by atoms with Gasteiger partial charge < -0.3 is 19.7 Å². The predicted octanol–water partition coefficient (Wildman–Crippen LogP) is 3.77. The van der Waals surface area contributed by atoms with Crippen LogP contribution in [0.4, 0.5) is 11.4 Å². The van der Waals surface area contributed by atoms with E-state index in [1.807, 2.05) is 38.1 Å². The van der Waals surface area contributed by atoms with Gasteiger partial charge in [0.05, 0.1) is 40.9 Å². The molecule has 3 aromatic rings. The summed E-state index contributed by atoms with van der Waals surface area (Å²) in [5, 5.41) is 7.74. The van der Waals surface area contributed by atoms with E-state index in [1.165, 1.54) is 0 Å². The van der Waals surface area contributed by atoms with Crippen molar-refractivity contribution in [3.63, 3.8) is 0 Å². The number of ether oxygens (including phenoxy) is 2. The fraction of sp³-hybridized carbons (Fsp3) is 0.292. The molecule has 0 unspecified atom stereocenters. The van der Waals surface area contributed by atoms with Crippen LogP contribution in [-0.4, -0.2) is 54.6 Å². The molecule has 0 radical (unpaired) electrons. The maximum Gasteiger partial charge on any atom is 0.338 e. The lowest BCUT2D eigenvalue weighted by molar-refractivity contribution is -0.119. The van der Waals surface area contributed by atoms with Crippen LogP contribution in [0.1, 0.15) is 21.7 Å².